The van der Waals surface area contributed by atoms with Crippen molar-refractivity contribution < 1.29 is 14.4 Å². The minimum Gasteiger partial charge on any atom is -0.341 e. The number of aromatic nitrogens is 1. The van der Waals surface area contributed by atoms with Gasteiger partial charge in [0.25, 0.3) is 5.91 Å². The molecular weight excluding hydrogens is 456 g/mol. The van der Waals surface area contributed by atoms with Crippen molar-refractivity contribution in [2.45, 2.75) is 35.8 Å². The molecule has 1 aromatic carbocycles. The van der Waals surface area contributed by atoms with Crippen molar-refractivity contribution in [3.05, 3.63) is 53.2 Å². The van der Waals surface area contributed by atoms with E-state index in [9.17, 15) is 14.4 Å². The van der Waals surface area contributed by atoms with Crippen molar-refractivity contribution in [3.63, 3.8) is 0 Å². The van der Waals surface area contributed by atoms with E-state index < -0.39 is 0 Å². The maximum Gasteiger partial charge on any atom is 0.319 e. The Morgan fingerprint density at radius 2 is 1.88 bits per heavy atom. The number of Topliss-reactive ketones (excluding diaryl/α,β-unsaturated/α-hetero) is 1. The van der Waals surface area contributed by atoms with E-state index in [-0.39, 0.29) is 22.5 Å². The minimum atomic E-state index is -0.374. The molecule has 0 saturated carbocycles. The Hall–Kier alpha value is -2.91. The van der Waals surface area contributed by atoms with Crippen LogP contribution < -0.4 is 10.6 Å². The van der Waals surface area contributed by atoms with Crippen molar-refractivity contribution in [3.8, 4) is 0 Å². The van der Waals surface area contributed by atoms with E-state index >= 15 is 0 Å². The van der Waals surface area contributed by atoms with Gasteiger partial charge in [0.05, 0.1) is 5.56 Å². The highest BCUT2D eigenvalue weighted by Gasteiger charge is 2.43. The van der Waals surface area contributed by atoms with Gasteiger partial charge in [-0.05, 0) is 38.0 Å². The van der Waals surface area contributed by atoms with Gasteiger partial charge in [-0.15, -0.1) is 11.8 Å². The van der Waals surface area contributed by atoms with Crippen molar-refractivity contribution in [1.82, 2.24) is 15.2 Å². The first kappa shape index (κ1) is 21.9. The van der Waals surface area contributed by atoms with Gasteiger partial charge in [0.15, 0.2) is 5.78 Å². The van der Waals surface area contributed by atoms with E-state index in [0.717, 1.165) is 39.2 Å². The molecule has 3 amide bonds. The number of amides is 3. The summed E-state index contributed by atoms with van der Waals surface area (Å²) >= 11 is 3.09. The summed E-state index contributed by atoms with van der Waals surface area (Å²) in [7, 11) is 1.54. The quantitative estimate of drug-likeness (QED) is 0.554. The van der Waals surface area contributed by atoms with Crippen LogP contribution in [0.5, 0.6) is 0 Å². The third-order valence-corrected chi connectivity index (χ3v) is 8.90. The molecule has 2 aliphatic rings. The number of carbonyl (C=O) groups is 3. The number of thiophene rings is 1. The number of hydrogen-bond acceptors (Lipinski definition) is 6. The summed E-state index contributed by atoms with van der Waals surface area (Å²) in [6.45, 7) is 3.03. The van der Waals surface area contributed by atoms with E-state index in [0.29, 0.717) is 30.1 Å². The fraction of sp³-hybridized carbons (Fsp3) is 0.333. The van der Waals surface area contributed by atoms with E-state index in [2.05, 4.69) is 15.6 Å². The fourth-order valence-electron chi connectivity index (χ4n) is 4.53. The van der Waals surface area contributed by atoms with Gasteiger partial charge >= 0.3 is 6.03 Å². The van der Waals surface area contributed by atoms with Crippen LogP contribution in [0.4, 0.5) is 9.80 Å². The van der Waals surface area contributed by atoms with Crippen LogP contribution in [0.3, 0.4) is 0 Å². The van der Waals surface area contributed by atoms with Gasteiger partial charge in [0.1, 0.15) is 9.83 Å². The number of aryl methyl sites for hydroxylation is 1. The van der Waals surface area contributed by atoms with Crippen LogP contribution in [0.2, 0.25) is 0 Å². The Labute approximate surface area is 200 Å². The number of carbonyl (C=O) groups excluding carboxylic acids is 3. The predicted octanol–water partition coefficient (Wildman–Crippen LogP) is 4.71. The number of ketones is 1. The average Bonchev–Trinajstić information content (AvgIpc) is 3.15. The molecular formula is C24H24N4O3S2. The molecule has 7 nitrogen and oxygen atoms in total. The third kappa shape index (κ3) is 4.00. The molecule has 1 spiro atoms. The van der Waals surface area contributed by atoms with Crippen molar-refractivity contribution in [2.24, 2.45) is 0 Å². The second kappa shape index (κ2) is 8.46. The van der Waals surface area contributed by atoms with Crippen LogP contribution in [-0.4, -0.2) is 52.5 Å². The van der Waals surface area contributed by atoms with Crippen LogP contribution in [0.25, 0.3) is 10.2 Å². The van der Waals surface area contributed by atoms with Crippen LogP contribution in [-0.2, 0) is 0 Å². The number of anilines is 1. The number of nitrogens with one attached hydrogen (secondary N) is 2. The summed E-state index contributed by atoms with van der Waals surface area (Å²) in [4.78, 5) is 46.6. The molecule has 4 heterocycles. The number of urea groups is 1. The van der Waals surface area contributed by atoms with Crippen LogP contribution in [0.1, 0.15) is 45.7 Å². The SMILES string of the molecule is CNC(=O)Nc1sc2nc(C)ccc2c1C(=O)N1CCC2(CC1)CC(=O)c1ccccc1S2. The summed E-state index contributed by atoms with van der Waals surface area (Å²) in [5, 5.41) is 6.59. The third-order valence-electron chi connectivity index (χ3n) is 6.32. The van der Waals surface area contributed by atoms with E-state index in [1.807, 2.05) is 48.2 Å². The Bertz CT molecular complexity index is 1280. The van der Waals surface area contributed by atoms with Crippen LogP contribution in [0.15, 0.2) is 41.3 Å². The average molecular weight is 481 g/mol. The van der Waals surface area contributed by atoms with Crippen molar-refractivity contribution >= 4 is 56.0 Å². The highest BCUT2D eigenvalue weighted by atomic mass is 32.2. The molecule has 170 valence electrons. The number of benzene rings is 1. The molecule has 9 heteroatoms. The molecule has 2 N–H and O–H groups in total. The smallest absolute Gasteiger partial charge is 0.319 e. The molecule has 2 aromatic heterocycles. The Morgan fingerprint density at radius 3 is 2.64 bits per heavy atom. The molecule has 0 atom stereocenters. The van der Waals surface area contributed by atoms with Gasteiger partial charge in [-0.2, -0.15) is 0 Å². The molecule has 2 aliphatic heterocycles. The lowest BCUT2D eigenvalue weighted by Gasteiger charge is -2.43. The lowest BCUT2D eigenvalue weighted by atomic mass is 9.88. The topological polar surface area (TPSA) is 91.4 Å². The number of likely N-dealkylation sites (tertiary alicyclic amines) is 1. The fourth-order valence-corrected chi connectivity index (χ4v) is 7.14. The van der Waals surface area contributed by atoms with Gasteiger partial charge in [0.2, 0.25) is 0 Å². The Morgan fingerprint density at radius 1 is 1.12 bits per heavy atom. The first-order valence-electron chi connectivity index (χ1n) is 10.9. The first-order chi connectivity index (χ1) is 15.9. The number of nitrogens with zero attached hydrogens (tertiary/aromatic N) is 2. The summed E-state index contributed by atoms with van der Waals surface area (Å²) in [6.07, 6.45) is 2.01. The van der Waals surface area contributed by atoms with Gasteiger partial charge in [-0.1, -0.05) is 29.5 Å². The minimum absolute atomic E-state index is 0.110. The molecule has 1 fully saturated rings. The number of rotatable bonds is 2. The van der Waals surface area contributed by atoms with E-state index in [1.165, 1.54) is 18.4 Å². The number of piperidine rings is 1. The maximum absolute atomic E-state index is 13.6. The van der Waals surface area contributed by atoms with E-state index in [4.69, 9.17) is 0 Å². The molecule has 1 saturated heterocycles. The number of pyridine rings is 1. The number of fused-ring (bicyclic) bond motifs is 2. The van der Waals surface area contributed by atoms with Gasteiger partial charge in [-0.3, -0.25) is 14.9 Å². The predicted molar refractivity (Wildman–Crippen MR) is 132 cm³/mol. The Kier molecular flexibility index (Phi) is 5.62. The molecule has 0 unspecified atom stereocenters. The zero-order valence-corrected chi connectivity index (χ0v) is 20.1. The molecule has 33 heavy (non-hydrogen) atoms. The summed E-state index contributed by atoms with van der Waals surface area (Å²) < 4.78 is -0.166. The standard InChI is InChI=1S/C24H24N4O3S2/c1-14-7-8-16-19(21(27-23(31)25-2)32-20(16)26-14)22(30)28-11-9-24(10-12-28)13-17(29)15-5-3-4-6-18(15)33-24/h3-8H,9-13H2,1-2H3,(H2,25,27,31). The first-order valence-corrected chi connectivity index (χ1v) is 12.5. The largest absolute Gasteiger partial charge is 0.341 e. The second-order valence-corrected chi connectivity index (χ2v) is 11.0. The zero-order valence-electron chi connectivity index (χ0n) is 18.4. The summed E-state index contributed by atoms with van der Waals surface area (Å²) in [5.74, 6) is 0.0761. The summed E-state index contributed by atoms with van der Waals surface area (Å²) in [6, 6.07) is 11.2. The van der Waals surface area contributed by atoms with Crippen LogP contribution >= 0.6 is 23.1 Å². The lowest BCUT2D eigenvalue weighted by molar-refractivity contribution is 0.0699. The maximum atomic E-state index is 13.6. The molecule has 5 rings (SSSR count). The number of hydrogen-bond donors (Lipinski definition) is 2. The molecule has 0 radical (unpaired) electrons. The van der Waals surface area contributed by atoms with Gasteiger partial charge in [-0.25, -0.2) is 9.78 Å². The number of thioether (sulfide) groups is 1. The van der Waals surface area contributed by atoms with E-state index in [1.54, 1.807) is 11.8 Å². The zero-order chi connectivity index (χ0) is 23.2. The monoisotopic (exact) mass is 480 g/mol. The van der Waals surface area contributed by atoms with Gasteiger partial charge < -0.3 is 10.2 Å². The van der Waals surface area contributed by atoms with Crippen molar-refractivity contribution in [1.29, 1.82) is 0 Å². The van der Waals surface area contributed by atoms with Crippen LogP contribution in [0, 0.1) is 6.92 Å². The molecule has 3 aromatic rings. The lowest BCUT2D eigenvalue weighted by Crippen LogP contribution is -2.47. The highest BCUT2D eigenvalue weighted by molar-refractivity contribution is 8.01. The normalized spacial score (nSPS) is 17.2. The van der Waals surface area contributed by atoms with Crippen molar-refractivity contribution in [2.75, 3.05) is 25.5 Å². The second-order valence-electron chi connectivity index (χ2n) is 8.49. The molecule has 0 aliphatic carbocycles. The molecule has 0 bridgehead atoms. The Balaban J connectivity index is 1.40. The highest BCUT2D eigenvalue weighted by Crippen LogP contribution is 2.49. The summed E-state index contributed by atoms with van der Waals surface area (Å²) in [5.41, 5.74) is 2.15. The van der Waals surface area contributed by atoms with Gasteiger partial charge in [0, 0.05) is 52.8 Å².